The molecule has 1 aliphatic heterocycles. The van der Waals surface area contributed by atoms with Crippen molar-refractivity contribution in [2.75, 3.05) is 25.1 Å². The molecule has 0 aliphatic carbocycles. The van der Waals surface area contributed by atoms with E-state index in [0.717, 1.165) is 46.5 Å². The molecule has 0 N–H and O–H groups in total. The number of aromatic nitrogens is 1. The lowest BCUT2D eigenvalue weighted by Gasteiger charge is -2.26. The number of likely N-dealkylation sites (N-methyl/N-ethyl adjacent to an activating group) is 1. The molecule has 3 aromatic carbocycles. The maximum atomic E-state index is 13.3. The SMILES string of the molecule is CN1CCc2nc3ccccc3c(C(=O)OCCC(=O)N(c3ccccc3)c3ccccc3)c2C1. The normalized spacial score (nSPS) is 13.3. The molecule has 0 spiro atoms. The molecular weight excluding hydrogens is 438 g/mol. The van der Waals surface area contributed by atoms with Gasteiger partial charge in [0.2, 0.25) is 5.91 Å². The summed E-state index contributed by atoms with van der Waals surface area (Å²) in [6, 6.07) is 26.6. The fourth-order valence-electron chi connectivity index (χ4n) is 4.56. The average Bonchev–Trinajstić information content (AvgIpc) is 2.88. The largest absolute Gasteiger partial charge is 0.462 e. The van der Waals surface area contributed by atoms with Gasteiger partial charge in [0.05, 0.1) is 17.5 Å². The van der Waals surface area contributed by atoms with Crippen molar-refractivity contribution >= 4 is 34.2 Å². The van der Waals surface area contributed by atoms with Gasteiger partial charge in [-0.1, -0.05) is 54.6 Å². The monoisotopic (exact) mass is 465 g/mol. The van der Waals surface area contributed by atoms with Crippen LogP contribution in [-0.2, 0) is 22.5 Å². The van der Waals surface area contributed by atoms with Gasteiger partial charge >= 0.3 is 5.97 Å². The second-order valence-corrected chi connectivity index (χ2v) is 8.70. The van der Waals surface area contributed by atoms with Crippen LogP contribution in [0.2, 0.25) is 0 Å². The number of esters is 1. The zero-order valence-corrected chi connectivity index (χ0v) is 19.7. The van der Waals surface area contributed by atoms with Crippen molar-refractivity contribution in [2.24, 2.45) is 0 Å². The number of pyridine rings is 1. The number of carbonyl (C=O) groups is 2. The highest BCUT2D eigenvalue weighted by atomic mass is 16.5. The van der Waals surface area contributed by atoms with Crippen molar-refractivity contribution < 1.29 is 14.3 Å². The molecule has 1 aromatic heterocycles. The number of amides is 1. The van der Waals surface area contributed by atoms with Crippen LogP contribution in [0.4, 0.5) is 11.4 Å². The van der Waals surface area contributed by atoms with E-state index in [-0.39, 0.29) is 18.9 Å². The summed E-state index contributed by atoms with van der Waals surface area (Å²) >= 11 is 0. The Morgan fingerprint density at radius 2 is 1.54 bits per heavy atom. The van der Waals surface area contributed by atoms with Crippen molar-refractivity contribution in [2.45, 2.75) is 19.4 Å². The second-order valence-electron chi connectivity index (χ2n) is 8.70. The Balaban J connectivity index is 1.36. The predicted molar refractivity (Wildman–Crippen MR) is 137 cm³/mol. The number of ether oxygens (including phenoxy) is 1. The van der Waals surface area contributed by atoms with Crippen molar-refractivity contribution in [3.05, 3.63) is 102 Å². The number of benzene rings is 3. The molecule has 0 atom stereocenters. The Hall–Kier alpha value is -4.03. The summed E-state index contributed by atoms with van der Waals surface area (Å²) in [6.07, 6.45) is 0.860. The molecule has 35 heavy (non-hydrogen) atoms. The molecule has 0 radical (unpaired) electrons. The number of nitrogens with zero attached hydrogens (tertiary/aromatic N) is 3. The quantitative estimate of drug-likeness (QED) is 0.369. The third-order valence-corrected chi connectivity index (χ3v) is 6.27. The third kappa shape index (κ3) is 4.79. The van der Waals surface area contributed by atoms with Gasteiger partial charge in [-0.05, 0) is 37.4 Å². The number of anilines is 2. The Labute approximate surface area is 204 Å². The lowest BCUT2D eigenvalue weighted by molar-refractivity contribution is -0.118. The van der Waals surface area contributed by atoms with Crippen LogP contribution in [0.5, 0.6) is 0 Å². The van der Waals surface area contributed by atoms with Crippen molar-refractivity contribution in [1.29, 1.82) is 0 Å². The number of carbonyl (C=O) groups excluding carboxylic acids is 2. The van der Waals surface area contributed by atoms with E-state index < -0.39 is 5.97 Å². The van der Waals surface area contributed by atoms with E-state index in [0.29, 0.717) is 12.1 Å². The van der Waals surface area contributed by atoms with Crippen molar-refractivity contribution in [1.82, 2.24) is 9.88 Å². The highest BCUT2D eigenvalue weighted by molar-refractivity contribution is 6.05. The molecule has 0 unspecified atom stereocenters. The van der Waals surface area contributed by atoms with Crippen molar-refractivity contribution in [3.63, 3.8) is 0 Å². The molecule has 0 saturated heterocycles. The molecular formula is C29H27N3O3. The number of para-hydroxylation sites is 3. The van der Waals surface area contributed by atoms with E-state index >= 15 is 0 Å². The lowest BCUT2D eigenvalue weighted by atomic mass is 9.96. The van der Waals surface area contributed by atoms with Gasteiger partial charge in [0.1, 0.15) is 6.61 Å². The first-order valence-corrected chi connectivity index (χ1v) is 11.8. The van der Waals surface area contributed by atoms with Gasteiger partial charge in [-0.25, -0.2) is 4.79 Å². The number of hydrogen-bond acceptors (Lipinski definition) is 5. The smallest absolute Gasteiger partial charge is 0.339 e. The van der Waals surface area contributed by atoms with Gasteiger partial charge in [-0.3, -0.25) is 14.7 Å². The fraction of sp³-hybridized carbons (Fsp3) is 0.207. The molecule has 5 rings (SSSR count). The molecule has 2 heterocycles. The summed E-state index contributed by atoms with van der Waals surface area (Å²) in [7, 11) is 2.04. The van der Waals surface area contributed by atoms with Crippen LogP contribution in [0.15, 0.2) is 84.9 Å². The van der Waals surface area contributed by atoms with Crippen LogP contribution in [0.1, 0.15) is 28.0 Å². The summed E-state index contributed by atoms with van der Waals surface area (Å²) < 4.78 is 5.70. The summed E-state index contributed by atoms with van der Waals surface area (Å²) in [5.41, 5.74) is 4.76. The first-order valence-electron chi connectivity index (χ1n) is 11.8. The van der Waals surface area contributed by atoms with Gasteiger partial charge in [0.25, 0.3) is 0 Å². The van der Waals surface area contributed by atoms with E-state index in [1.807, 2.05) is 92.0 Å². The molecule has 0 saturated carbocycles. The summed E-state index contributed by atoms with van der Waals surface area (Å²) in [5, 5.41) is 0.785. The highest BCUT2D eigenvalue weighted by Crippen LogP contribution is 2.29. The maximum Gasteiger partial charge on any atom is 0.339 e. The Bertz CT molecular complexity index is 1320. The van der Waals surface area contributed by atoms with E-state index in [4.69, 9.17) is 9.72 Å². The minimum Gasteiger partial charge on any atom is -0.462 e. The van der Waals surface area contributed by atoms with E-state index in [1.54, 1.807) is 4.90 Å². The third-order valence-electron chi connectivity index (χ3n) is 6.27. The standard InChI is InChI=1S/C29H27N3O3/c1-31-18-16-26-24(20-31)28(23-14-8-9-15-25(23)30-26)29(34)35-19-17-27(33)32(21-10-4-2-5-11-21)22-12-6-3-7-13-22/h2-15H,16-20H2,1H3. The molecule has 0 bridgehead atoms. The minimum atomic E-state index is -0.408. The molecule has 1 aliphatic rings. The molecule has 176 valence electrons. The zero-order chi connectivity index (χ0) is 24.2. The fourth-order valence-corrected chi connectivity index (χ4v) is 4.56. The van der Waals surface area contributed by atoms with Crippen LogP contribution in [0, 0.1) is 0 Å². The van der Waals surface area contributed by atoms with Gasteiger partial charge < -0.3 is 9.64 Å². The van der Waals surface area contributed by atoms with Crippen LogP contribution in [0.3, 0.4) is 0 Å². The molecule has 6 heteroatoms. The highest BCUT2D eigenvalue weighted by Gasteiger charge is 2.26. The Morgan fingerprint density at radius 3 is 2.23 bits per heavy atom. The topological polar surface area (TPSA) is 62.7 Å². The number of fused-ring (bicyclic) bond motifs is 2. The average molecular weight is 466 g/mol. The summed E-state index contributed by atoms with van der Waals surface area (Å²) in [4.78, 5) is 35.2. The van der Waals surface area contributed by atoms with Crippen LogP contribution in [0.25, 0.3) is 10.9 Å². The van der Waals surface area contributed by atoms with E-state index in [9.17, 15) is 9.59 Å². The first-order chi connectivity index (χ1) is 17.1. The first kappa shape index (κ1) is 22.7. The van der Waals surface area contributed by atoms with E-state index in [1.165, 1.54) is 0 Å². The van der Waals surface area contributed by atoms with Gasteiger partial charge in [0, 0.05) is 47.5 Å². The van der Waals surface area contributed by atoms with Gasteiger partial charge in [-0.2, -0.15) is 0 Å². The second kappa shape index (κ2) is 10.1. The molecule has 4 aromatic rings. The van der Waals surface area contributed by atoms with Crippen LogP contribution in [-0.4, -0.2) is 42.0 Å². The zero-order valence-electron chi connectivity index (χ0n) is 19.7. The van der Waals surface area contributed by atoms with Crippen molar-refractivity contribution in [3.8, 4) is 0 Å². The van der Waals surface area contributed by atoms with E-state index in [2.05, 4.69) is 4.90 Å². The lowest BCUT2D eigenvalue weighted by Crippen LogP contribution is -2.30. The molecule has 1 amide bonds. The van der Waals surface area contributed by atoms with Crippen LogP contribution >= 0.6 is 0 Å². The number of hydrogen-bond donors (Lipinski definition) is 0. The summed E-state index contributed by atoms with van der Waals surface area (Å²) in [6.45, 7) is 1.54. The summed E-state index contributed by atoms with van der Waals surface area (Å²) in [5.74, 6) is -0.550. The predicted octanol–water partition coefficient (Wildman–Crippen LogP) is 5.13. The maximum absolute atomic E-state index is 13.3. The Morgan fingerprint density at radius 1 is 0.914 bits per heavy atom. The molecule has 0 fully saturated rings. The van der Waals surface area contributed by atoms with Gasteiger partial charge in [-0.15, -0.1) is 0 Å². The van der Waals surface area contributed by atoms with Crippen LogP contribution < -0.4 is 4.90 Å². The minimum absolute atomic E-state index is 0.00486. The number of rotatable bonds is 6. The van der Waals surface area contributed by atoms with Gasteiger partial charge in [0.15, 0.2) is 0 Å². The Kier molecular flexibility index (Phi) is 6.55. The molecule has 6 nitrogen and oxygen atoms in total.